The summed E-state index contributed by atoms with van der Waals surface area (Å²) in [6.07, 6.45) is 3.15. The van der Waals surface area contributed by atoms with Crippen molar-refractivity contribution in [2.24, 2.45) is 11.8 Å². The number of halogens is 2. The third kappa shape index (κ3) is 2.25. The number of hydrogen-bond acceptors (Lipinski definition) is 4. The Kier molecular flexibility index (Phi) is 3.64. The van der Waals surface area contributed by atoms with Gasteiger partial charge in [0.05, 0.1) is 30.6 Å². The van der Waals surface area contributed by atoms with Gasteiger partial charge in [0.2, 0.25) is 11.8 Å². The molecule has 1 aromatic heterocycles. The summed E-state index contributed by atoms with van der Waals surface area (Å²) in [4.78, 5) is 26.8. The highest BCUT2D eigenvalue weighted by molar-refractivity contribution is 6.36. The topological polar surface area (TPSA) is 64.4 Å². The molecule has 2 aromatic rings. The van der Waals surface area contributed by atoms with Gasteiger partial charge in [0.15, 0.2) is 5.82 Å². The largest absolute Gasteiger partial charge is 0.373 e. The zero-order chi connectivity index (χ0) is 18.0. The van der Waals surface area contributed by atoms with Crippen LogP contribution < -0.4 is 4.90 Å². The van der Waals surface area contributed by atoms with E-state index < -0.39 is 0 Å². The molecule has 0 unspecified atom stereocenters. The van der Waals surface area contributed by atoms with Crippen LogP contribution >= 0.6 is 23.2 Å². The molecule has 5 rings (SSSR count). The summed E-state index contributed by atoms with van der Waals surface area (Å²) >= 11 is 12.4. The number of rotatable bonds is 3. The third-order valence-electron chi connectivity index (χ3n) is 5.52. The lowest BCUT2D eigenvalue weighted by Gasteiger charge is -2.15. The molecule has 26 heavy (non-hydrogen) atoms. The van der Waals surface area contributed by atoms with Crippen LogP contribution in [0.4, 0.5) is 5.82 Å². The zero-order valence-corrected chi connectivity index (χ0v) is 15.2. The van der Waals surface area contributed by atoms with Crippen molar-refractivity contribution in [1.29, 1.82) is 0 Å². The molecular weight excluding hydrogens is 377 g/mol. The number of benzene rings is 1. The van der Waals surface area contributed by atoms with Crippen LogP contribution in [0.25, 0.3) is 0 Å². The van der Waals surface area contributed by atoms with Gasteiger partial charge in [-0.05, 0) is 25.0 Å². The van der Waals surface area contributed by atoms with Crippen molar-refractivity contribution in [3.63, 3.8) is 0 Å². The average Bonchev–Trinajstić information content (AvgIpc) is 3.36. The fourth-order valence-electron chi connectivity index (χ4n) is 4.34. The number of carbonyl (C=O) groups is 2. The maximum Gasteiger partial charge on any atom is 0.241 e. The lowest BCUT2D eigenvalue weighted by Crippen LogP contribution is -2.34. The molecule has 3 fully saturated rings. The number of nitrogens with zero attached hydrogens (tertiary/aromatic N) is 3. The molecule has 0 spiro atoms. The SMILES string of the molecule is O=C1[C@H]2[C@H](C(=O)N1c1ccn(Cc3c(Cl)cccc3Cl)n1)[C@H]1CC[C@H]2O1. The molecule has 2 amide bonds. The molecule has 2 bridgehead atoms. The first kappa shape index (κ1) is 16.3. The molecule has 3 aliphatic heterocycles. The molecular formula is C18H15Cl2N3O3. The van der Waals surface area contributed by atoms with Gasteiger partial charge >= 0.3 is 0 Å². The standard InChI is InChI=1S/C18H15Cl2N3O3/c19-10-2-1-3-11(20)9(10)8-22-7-6-14(21-22)23-17(24)15-12-4-5-13(26-12)16(15)18(23)25/h1-3,6-7,12-13,15-16H,4-5,8H2/t12-,13-,15-,16-/m1/s1. The number of ether oxygens (including phenoxy) is 1. The fraction of sp³-hybridized carbons (Fsp3) is 0.389. The predicted molar refractivity (Wildman–Crippen MR) is 95.2 cm³/mol. The summed E-state index contributed by atoms with van der Waals surface area (Å²) in [7, 11) is 0. The van der Waals surface area contributed by atoms with Gasteiger partial charge in [0.1, 0.15) is 0 Å². The van der Waals surface area contributed by atoms with Gasteiger partial charge in [0, 0.05) is 27.9 Å². The van der Waals surface area contributed by atoms with Crippen LogP contribution in [0.5, 0.6) is 0 Å². The van der Waals surface area contributed by atoms with E-state index in [-0.39, 0.29) is 35.9 Å². The number of fused-ring (bicyclic) bond motifs is 5. The van der Waals surface area contributed by atoms with Crippen LogP contribution in [0, 0.1) is 11.8 Å². The minimum absolute atomic E-state index is 0.129. The van der Waals surface area contributed by atoms with Gasteiger partial charge in [-0.1, -0.05) is 29.3 Å². The van der Waals surface area contributed by atoms with Crippen molar-refractivity contribution >= 4 is 40.8 Å². The fourth-order valence-corrected chi connectivity index (χ4v) is 4.86. The number of anilines is 1. The molecule has 0 radical (unpaired) electrons. The van der Waals surface area contributed by atoms with E-state index in [1.165, 1.54) is 4.90 Å². The second-order valence-corrected chi connectivity index (χ2v) is 7.74. The second-order valence-electron chi connectivity index (χ2n) is 6.93. The Hall–Kier alpha value is -1.89. The Morgan fingerprint density at radius 3 is 2.27 bits per heavy atom. The molecule has 1 aromatic carbocycles. The van der Waals surface area contributed by atoms with E-state index >= 15 is 0 Å². The number of hydrogen-bond donors (Lipinski definition) is 0. The molecule has 4 heterocycles. The molecule has 8 heteroatoms. The molecule has 3 aliphatic rings. The van der Waals surface area contributed by atoms with Crippen LogP contribution in [-0.4, -0.2) is 33.8 Å². The summed E-state index contributed by atoms with van der Waals surface area (Å²) in [6, 6.07) is 6.97. The summed E-state index contributed by atoms with van der Waals surface area (Å²) in [5.74, 6) is -0.771. The lowest BCUT2D eigenvalue weighted by molar-refractivity contribution is -0.124. The maximum atomic E-state index is 12.8. The minimum atomic E-state index is -0.357. The summed E-state index contributed by atoms with van der Waals surface area (Å²) in [5, 5.41) is 5.51. The zero-order valence-electron chi connectivity index (χ0n) is 13.6. The molecule has 134 valence electrons. The van der Waals surface area contributed by atoms with Crippen LogP contribution in [0.2, 0.25) is 10.0 Å². The van der Waals surface area contributed by atoms with Gasteiger partial charge in [-0.3, -0.25) is 14.3 Å². The average molecular weight is 392 g/mol. The van der Waals surface area contributed by atoms with Gasteiger partial charge in [-0.25, -0.2) is 4.90 Å². The van der Waals surface area contributed by atoms with Crippen LogP contribution in [0.3, 0.4) is 0 Å². The van der Waals surface area contributed by atoms with E-state index in [4.69, 9.17) is 27.9 Å². The number of aromatic nitrogens is 2. The minimum Gasteiger partial charge on any atom is -0.373 e. The van der Waals surface area contributed by atoms with Gasteiger partial charge in [0.25, 0.3) is 0 Å². The lowest BCUT2D eigenvalue weighted by atomic mass is 9.81. The molecule has 0 N–H and O–H groups in total. The van der Waals surface area contributed by atoms with E-state index in [1.54, 1.807) is 35.1 Å². The van der Waals surface area contributed by atoms with E-state index in [0.717, 1.165) is 18.4 Å². The van der Waals surface area contributed by atoms with E-state index in [1.807, 2.05) is 0 Å². The summed E-state index contributed by atoms with van der Waals surface area (Å²) in [6.45, 7) is 0.357. The third-order valence-corrected chi connectivity index (χ3v) is 6.23. The van der Waals surface area contributed by atoms with Crippen molar-refractivity contribution in [1.82, 2.24) is 9.78 Å². The highest BCUT2D eigenvalue weighted by atomic mass is 35.5. The van der Waals surface area contributed by atoms with Crippen molar-refractivity contribution < 1.29 is 14.3 Å². The number of imide groups is 1. The quantitative estimate of drug-likeness (QED) is 0.754. The Balaban J connectivity index is 1.42. The van der Waals surface area contributed by atoms with E-state index in [0.29, 0.717) is 22.4 Å². The maximum absolute atomic E-state index is 12.8. The first-order chi connectivity index (χ1) is 12.5. The van der Waals surface area contributed by atoms with Crippen molar-refractivity contribution in [2.75, 3.05) is 4.90 Å². The highest BCUT2D eigenvalue weighted by Gasteiger charge is 2.63. The first-order valence-electron chi connectivity index (χ1n) is 8.54. The molecule has 0 saturated carbocycles. The molecule has 4 atom stereocenters. The molecule has 6 nitrogen and oxygen atoms in total. The Labute approximate surface area is 159 Å². The molecule has 0 aliphatic carbocycles. The Bertz CT molecular complexity index is 880. The smallest absolute Gasteiger partial charge is 0.241 e. The normalized spacial score (nSPS) is 29.7. The Morgan fingerprint density at radius 1 is 1.04 bits per heavy atom. The summed E-state index contributed by atoms with van der Waals surface area (Å²) < 4.78 is 7.38. The molecule has 3 saturated heterocycles. The van der Waals surface area contributed by atoms with Crippen molar-refractivity contribution in [2.45, 2.75) is 31.6 Å². The van der Waals surface area contributed by atoms with Gasteiger partial charge < -0.3 is 4.74 Å². The number of amides is 2. The Morgan fingerprint density at radius 2 is 1.65 bits per heavy atom. The summed E-state index contributed by atoms with van der Waals surface area (Å²) in [5.41, 5.74) is 0.743. The van der Waals surface area contributed by atoms with Crippen LogP contribution in [0.15, 0.2) is 30.5 Å². The van der Waals surface area contributed by atoms with Crippen molar-refractivity contribution in [3.8, 4) is 0 Å². The van der Waals surface area contributed by atoms with Gasteiger partial charge in [-0.2, -0.15) is 5.10 Å². The highest BCUT2D eigenvalue weighted by Crippen LogP contribution is 2.49. The number of carbonyl (C=O) groups excluding carboxylic acids is 2. The van der Waals surface area contributed by atoms with E-state index in [9.17, 15) is 9.59 Å². The monoisotopic (exact) mass is 391 g/mol. The van der Waals surface area contributed by atoms with Gasteiger partial charge in [-0.15, -0.1) is 0 Å². The second kappa shape index (κ2) is 5.81. The predicted octanol–water partition coefficient (Wildman–Crippen LogP) is 2.91. The van der Waals surface area contributed by atoms with Crippen LogP contribution in [0.1, 0.15) is 18.4 Å². The van der Waals surface area contributed by atoms with E-state index in [2.05, 4.69) is 5.10 Å². The van der Waals surface area contributed by atoms with Crippen molar-refractivity contribution in [3.05, 3.63) is 46.1 Å². The van der Waals surface area contributed by atoms with Crippen LogP contribution in [-0.2, 0) is 20.9 Å². The first-order valence-corrected chi connectivity index (χ1v) is 9.30.